The van der Waals surface area contributed by atoms with E-state index in [4.69, 9.17) is 0 Å². The number of carbonyl (C=O) groups is 1. The van der Waals surface area contributed by atoms with Crippen molar-refractivity contribution in [3.63, 3.8) is 0 Å². The Morgan fingerprint density at radius 1 is 1.14 bits per heavy atom. The molecule has 0 fully saturated rings. The summed E-state index contributed by atoms with van der Waals surface area (Å²) in [6.07, 6.45) is 0. The molecule has 1 amide bonds. The van der Waals surface area contributed by atoms with E-state index < -0.39 is 0 Å². The summed E-state index contributed by atoms with van der Waals surface area (Å²) in [6, 6.07) is 16.3. The lowest BCUT2D eigenvalue weighted by Crippen LogP contribution is -2.88. The molecule has 3 N–H and O–H groups in total. The van der Waals surface area contributed by atoms with Crippen molar-refractivity contribution in [3.8, 4) is 0 Å². The minimum absolute atomic E-state index is 0.132. The number of carbonyl (C=O) groups excluding carboxylic acids is 1. The lowest BCUT2D eigenvalue weighted by molar-refractivity contribution is -0.692. The highest BCUT2D eigenvalue weighted by Crippen LogP contribution is 2.16. The summed E-state index contributed by atoms with van der Waals surface area (Å²) in [5, 5.41) is 4.74. The van der Waals surface area contributed by atoms with E-state index in [0.29, 0.717) is 18.2 Å². The Labute approximate surface area is 130 Å². The van der Waals surface area contributed by atoms with E-state index in [0.717, 1.165) is 0 Å². The number of nitrogens with one attached hydrogen (secondary N) is 1. The number of rotatable bonds is 6. The van der Waals surface area contributed by atoms with Gasteiger partial charge in [0.25, 0.3) is 5.91 Å². The molecule has 0 bridgehead atoms. The summed E-state index contributed by atoms with van der Waals surface area (Å²) < 4.78 is 13.1. The van der Waals surface area contributed by atoms with Crippen molar-refractivity contribution in [2.75, 3.05) is 11.9 Å². The van der Waals surface area contributed by atoms with Gasteiger partial charge in [0.05, 0.1) is 0 Å². The van der Waals surface area contributed by atoms with Crippen LogP contribution >= 0.6 is 0 Å². The van der Waals surface area contributed by atoms with Gasteiger partial charge in [-0.25, -0.2) is 4.39 Å². The first-order chi connectivity index (χ1) is 10.6. The van der Waals surface area contributed by atoms with Crippen LogP contribution in [0.3, 0.4) is 0 Å². The van der Waals surface area contributed by atoms with Crippen molar-refractivity contribution in [2.24, 2.45) is 5.92 Å². The normalized spacial score (nSPS) is 12.2. The van der Waals surface area contributed by atoms with Crippen LogP contribution in [-0.4, -0.2) is 12.5 Å². The Hall–Kier alpha value is -2.20. The van der Waals surface area contributed by atoms with Crippen LogP contribution < -0.4 is 10.6 Å². The van der Waals surface area contributed by atoms with Gasteiger partial charge >= 0.3 is 0 Å². The van der Waals surface area contributed by atoms with Crippen molar-refractivity contribution >= 4 is 11.6 Å². The Morgan fingerprint density at radius 3 is 2.50 bits per heavy atom. The highest BCUT2D eigenvalue weighted by molar-refractivity contribution is 5.91. The zero-order valence-corrected chi connectivity index (χ0v) is 12.9. The van der Waals surface area contributed by atoms with E-state index in [2.05, 4.69) is 31.3 Å². The smallest absolute Gasteiger partial charge is 0.279 e. The van der Waals surface area contributed by atoms with Crippen LogP contribution in [0, 0.1) is 11.7 Å². The van der Waals surface area contributed by atoms with E-state index in [1.54, 1.807) is 12.1 Å². The molecule has 2 aromatic carbocycles. The SMILES string of the molecule is CC(C)[C@H]([NH2+]CC(=O)Nc1cccc(F)c1)c1ccccc1. The molecule has 3 nitrogen and oxygen atoms in total. The Morgan fingerprint density at radius 2 is 1.86 bits per heavy atom. The molecule has 0 radical (unpaired) electrons. The number of quaternary nitrogens is 1. The third-order valence-corrected chi connectivity index (χ3v) is 3.57. The van der Waals surface area contributed by atoms with Gasteiger partial charge in [-0.15, -0.1) is 0 Å². The predicted octanol–water partition coefficient (Wildman–Crippen LogP) is 2.72. The molecule has 0 saturated heterocycles. The molecule has 22 heavy (non-hydrogen) atoms. The molecule has 0 saturated carbocycles. The van der Waals surface area contributed by atoms with Gasteiger partial charge in [-0.1, -0.05) is 50.2 Å². The monoisotopic (exact) mass is 301 g/mol. The van der Waals surface area contributed by atoms with Crippen LogP contribution in [-0.2, 0) is 4.79 Å². The second kappa shape index (κ2) is 7.71. The Bertz CT molecular complexity index is 613. The van der Waals surface area contributed by atoms with Gasteiger partial charge < -0.3 is 10.6 Å². The van der Waals surface area contributed by atoms with Crippen molar-refractivity contribution in [1.29, 1.82) is 0 Å². The molecule has 0 aliphatic rings. The fraction of sp³-hybridized carbons (Fsp3) is 0.278. The molecule has 2 rings (SSSR count). The van der Waals surface area contributed by atoms with Crippen LogP contribution in [0.1, 0.15) is 25.5 Å². The summed E-state index contributed by atoms with van der Waals surface area (Å²) in [6.45, 7) is 4.57. The fourth-order valence-electron chi connectivity index (χ4n) is 2.48. The maximum absolute atomic E-state index is 13.1. The van der Waals surface area contributed by atoms with E-state index in [1.807, 2.05) is 23.5 Å². The molecule has 1 atom stereocenters. The zero-order chi connectivity index (χ0) is 15.9. The summed E-state index contributed by atoms with van der Waals surface area (Å²) >= 11 is 0. The number of benzene rings is 2. The van der Waals surface area contributed by atoms with Gasteiger partial charge in [-0.2, -0.15) is 0 Å². The maximum Gasteiger partial charge on any atom is 0.279 e. The van der Waals surface area contributed by atoms with Crippen LogP contribution in [0.25, 0.3) is 0 Å². The topological polar surface area (TPSA) is 45.7 Å². The summed E-state index contributed by atoms with van der Waals surface area (Å²) in [5.41, 5.74) is 1.69. The summed E-state index contributed by atoms with van der Waals surface area (Å²) in [5.74, 6) is -0.0809. The summed E-state index contributed by atoms with van der Waals surface area (Å²) in [7, 11) is 0. The lowest BCUT2D eigenvalue weighted by atomic mass is 9.96. The second-order valence-corrected chi connectivity index (χ2v) is 5.68. The number of nitrogens with two attached hydrogens (primary N) is 1. The quantitative estimate of drug-likeness (QED) is 0.846. The van der Waals surface area contributed by atoms with E-state index in [1.165, 1.54) is 17.7 Å². The minimum atomic E-state index is -0.355. The van der Waals surface area contributed by atoms with Gasteiger partial charge in [0.1, 0.15) is 11.9 Å². The molecule has 0 spiro atoms. The standard InChI is InChI=1S/C18H21FN2O/c1-13(2)18(14-7-4-3-5-8-14)20-12-17(22)21-16-10-6-9-15(19)11-16/h3-11,13,18,20H,12H2,1-2H3,(H,21,22)/p+1/t18-/m0/s1. The number of anilines is 1. The Balaban J connectivity index is 1.94. The molecular formula is C18H22FN2O+. The number of halogens is 1. The highest BCUT2D eigenvalue weighted by Gasteiger charge is 2.20. The van der Waals surface area contributed by atoms with Crippen LogP contribution in [0.2, 0.25) is 0 Å². The van der Waals surface area contributed by atoms with Crippen molar-refractivity contribution in [2.45, 2.75) is 19.9 Å². The molecule has 2 aromatic rings. The van der Waals surface area contributed by atoms with Crippen molar-refractivity contribution < 1.29 is 14.5 Å². The van der Waals surface area contributed by atoms with Crippen LogP contribution in [0.15, 0.2) is 54.6 Å². The number of hydrogen-bond acceptors (Lipinski definition) is 1. The first-order valence-electron chi connectivity index (χ1n) is 7.50. The highest BCUT2D eigenvalue weighted by atomic mass is 19.1. The van der Waals surface area contributed by atoms with Crippen molar-refractivity contribution in [1.82, 2.24) is 0 Å². The molecule has 0 unspecified atom stereocenters. The van der Waals surface area contributed by atoms with Crippen LogP contribution in [0.5, 0.6) is 0 Å². The fourth-order valence-corrected chi connectivity index (χ4v) is 2.48. The molecule has 0 aliphatic carbocycles. The second-order valence-electron chi connectivity index (χ2n) is 5.68. The van der Waals surface area contributed by atoms with Gasteiger partial charge in [0, 0.05) is 17.2 Å². The van der Waals surface area contributed by atoms with E-state index >= 15 is 0 Å². The van der Waals surface area contributed by atoms with Gasteiger partial charge in [-0.3, -0.25) is 4.79 Å². The average molecular weight is 301 g/mol. The van der Waals surface area contributed by atoms with E-state index in [9.17, 15) is 9.18 Å². The first-order valence-corrected chi connectivity index (χ1v) is 7.50. The molecule has 0 aliphatic heterocycles. The van der Waals surface area contributed by atoms with E-state index in [-0.39, 0.29) is 17.8 Å². The predicted molar refractivity (Wildman–Crippen MR) is 85.8 cm³/mol. The largest absolute Gasteiger partial charge is 0.332 e. The third kappa shape index (κ3) is 4.67. The van der Waals surface area contributed by atoms with Gasteiger partial charge in [0.2, 0.25) is 0 Å². The molecule has 4 heteroatoms. The molecule has 0 heterocycles. The molecule has 0 aromatic heterocycles. The summed E-state index contributed by atoms with van der Waals surface area (Å²) in [4.78, 5) is 12.0. The van der Waals surface area contributed by atoms with Crippen LogP contribution in [0.4, 0.5) is 10.1 Å². The first kappa shape index (κ1) is 16.2. The van der Waals surface area contributed by atoms with Gasteiger partial charge in [-0.05, 0) is 18.2 Å². The Kier molecular flexibility index (Phi) is 5.67. The van der Waals surface area contributed by atoms with Gasteiger partial charge in [0.15, 0.2) is 6.54 Å². The maximum atomic E-state index is 13.1. The third-order valence-electron chi connectivity index (χ3n) is 3.57. The van der Waals surface area contributed by atoms with Crippen molar-refractivity contribution in [3.05, 3.63) is 66.0 Å². The zero-order valence-electron chi connectivity index (χ0n) is 12.9. The number of amides is 1. The average Bonchev–Trinajstić information content (AvgIpc) is 2.48. The molecule has 116 valence electrons. The molecular weight excluding hydrogens is 279 g/mol. The minimum Gasteiger partial charge on any atom is -0.332 e. The lowest BCUT2D eigenvalue weighted by Gasteiger charge is -2.19. The number of hydrogen-bond donors (Lipinski definition) is 2.